The van der Waals surface area contributed by atoms with Gasteiger partial charge in [0, 0.05) is 38.9 Å². The Balaban J connectivity index is 0.886. The van der Waals surface area contributed by atoms with Crippen LogP contribution in [0.15, 0.2) is 176 Å². The largest absolute Gasteiger partial charge is 0.310 e. The highest BCUT2D eigenvalue weighted by molar-refractivity contribution is 6.11. The first kappa shape index (κ1) is 38.8. The molecule has 3 saturated carbocycles. The van der Waals surface area contributed by atoms with Gasteiger partial charge in [-0.1, -0.05) is 129 Å². The summed E-state index contributed by atoms with van der Waals surface area (Å²) in [6, 6.07) is 67.0. The van der Waals surface area contributed by atoms with Crippen molar-refractivity contribution in [2.75, 3.05) is 4.90 Å². The van der Waals surface area contributed by atoms with Crippen LogP contribution in [0.3, 0.4) is 0 Å². The van der Waals surface area contributed by atoms with Gasteiger partial charge in [0.25, 0.3) is 0 Å². The summed E-state index contributed by atoms with van der Waals surface area (Å²) in [5.74, 6) is 0.956. The van der Waals surface area contributed by atoms with Gasteiger partial charge in [0.2, 0.25) is 0 Å². The second-order valence-corrected chi connectivity index (χ2v) is 20.4. The first-order valence-electron chi connectivity index (χ1n) is 24.4. The Morgan fingerprint density at radius 3 is 1.77 bits per heavy atom. The van der Waals surface area contributed by atoms with Crippen LogP contribution in [0, 0.1) is 5.92 Å². The molecule has 9 aromatic rings. The fraction of sp³-hybridized carbons (Fsp3) is 0.238. The fourth-order valence-electron chi connectivity index (χ4n) is 13.0. The maximum Gasteiger partial charge on any atom is 0.0544 e. The van der Waals surface area contributed by atoms with Crippen molar-refractivity contribution in [1.82, 2.24) is 4.57 Å². The molecule has 1 heterocycles. The normalized spacial score (nSPS) is 19.3. The zero-order chi connectivity index (χ0) is 43.3. The van der Waals surface area contributed by atoms with E-state index < -0.39 is 0 Å². The van der Waals surface area contributed by atoms with Gasteiger partial charge in [-0.05, 0) is 197 Å². The highest BCUT2D eigenvalue weighted by atomic mass is 15.1. The molecule has 14 rings (SSSR count). The Labute approximate surface area is 384 Å². The molecule has 3 fully saturated rings. The van der Waals surface area contributed by atoms with Gasteiger partial charge < -0.3 is 9.47 Å². The third kappa shape index (κ3) is 6.20. The molecule has 5 aliphatic rings. The van der Waals surface area contributed by atoms with Crippen molar-refractivity contribution in [3.05, 3.63) is 204 Å². The minimum Gasteiger partial charge on any atom is -0.310 e. The molecular formula is C63H56N2. The molecule has 0 N–H and O–H groups in total. The number of fused-ring (bicyclic) bond motifs is 11. The van der Waals surface area contributed by atoms with Gasteiger partial charge in [-0.25, -0.2) is 0 Å². The number of para-hydroxylation sites is 1. The van der Waals surface area contributed by atoms with Crippen LogP contribution in [0.5, 0.6) is 0 Å². The summed E-state index contributed by atoms with van der Waals surface area (Å²) in [4.78, 5) is 2.49. The van der Waals surface area contributed by atoms with Crippen molar-refractivity contribution in [1.29, 1.82) is 0 Å². The third-order valence-corrected chi connectivity index (χ3v) is 16.6. The van der Waals surface area contributed by atoms with E-state index in [0.717, 1.165) is 5.92 Å². The van der Waals surface area contributed by atoms with Crippen molar-refractivity contribution in [2.45, 2.75) is 88.9 Å². The summed E-state index contributed by atoms with van der Waals surface area (Å²) in [5, 5.41) is 2.83. The number of hydrogen-bond acceptors (Lipinski definition) is 1. The standard InChI is InChI=1S/C63H56N2/c1-62(2)57-40-51(29-31-54(57)55-32-30-52(41-58(55)62)65-59-15-9-8-14-56(59)61-53-13-7-6-12-47(53)22-33-60(61)65)64(50-27-23-48(24-28-50)63-37-34-42(35-38-63)36-39-63)49-25-20-46(21-26-49)45-18-16-44(17-19-45)43-10-4-3-5-11-43/h3-5,8-11,14-33,40-42H,6-7,12-13,34-39H2,1-2H3. The Hall–Kier alpha value is -6.64. The molecule has 2 heteroatoms. The van der Waals surface area contributed by atoms with Crippen LogP contribution in [0.4, 0.5) is 17.1 Å². The van der Waals surface area contributed by atoms with Gasteiger partial charge in [-0.15, -0.1) is 0 Å². The molecule has 318 valence electrons. The molecular weight excluding hydrogens is 785 g/mol. The van der Waals surface area contributed by atoms with Gasteiger partial charge in [0.1, 0.15) is 0 Å². The number of nitrogens with zero attached hydrogens (tertiary/aromatic N) is 2. The Kier molecular flexibility index (Phi) is 8.93. The van der Waals surface area contributed by atoms with Gasteiger partial charge in [-0.3, -0.25) is 0 Å². The topological polar surface area (TPSA) is 8.17 Å². The first-order valence-corrected chi connectivity index (χ1v) is 24.4. The lowest BCUT2D eigenvalue weighted by molar-refractivity contribution is 0.136. The first-order chi connectivity index (χ1) is 31.9. The smallest absolute Gasteiger partial charge is 0.0544 e. The average molecular weight is 841 g/mol. The SMILES string of the molecule is CC1(C)c2cc(N(c3ccc(-c4ccc(-c5ccccc5)cc4)cc3)c3ccc(C45CCC(CC4)CC5)cc3)ccc2-c2ccc(-n3c4ccccc4c4c5c(ccc43)CCCC5)cc21. The number of aryl methyl sites for hydroxylation is 2. The van der Waals surface area contributed by atoms with E-state index >= 15 is 0 Å². The lowest BCUT2D eigenvalue weighted by Crippen LogP contribution is -2.37. The molecule has 2 nitrogen and oxygen atoms in total. The molecule has 0 saturated heterocycles. The average Bonchev–Trinajstić information content (AvgIpc) is 3.83. The summed E-state index contributed by atoms with van der Waals surface area (Å²) < 4.78 is 2.54. The molecule has 0 amide bonds. The van der Waals surface area contributed by atoms with Crippen molar-refractivity contribution in [3.8, 4) is 39.1 Å². The molecule has 0 spiro atoms. The number of hydrogen-bond donors (Lipinski definition) is 0. The lowest BCUT2D eigenvalue weighted by Gasteiger charge is -2.47. The Bertz CT molecular complexity index is 3250. The van der Waals surface area contributed by atoms with Gasteiger partial charge in [-0.2, -0.15) is 0 Å². The summed E-state index contributed by atoms with van der Waals surface area (Å²) >= 11 is 0. The van der Waals surface area contributed by atoms with Crippen molar-refractivity contribution >= 4 is 38.9 Å². The molecule has 0 radical (unpaired) electrons. The predicted molar refractivity (Wildman–Crippen MR) is 273 cm³/mol. The van der Waals surface area contributed by atoms with Gasteiger partial charge >= 0.3 is 0 Å². The maximum absolute atomic E-state index is 2.54. The maximum atomic E-state index is 2.54. The van der Waals surface area contributed by atoms with Crippen LogP contribution in [-0.4, -0.2) is 4.57 Å². The summed E-state index contributed by atoms with van der Waals surface area (Å²) in [5.41, 5.74) is 22.6. The Morgan fingerprint density at radius 2 is 1.06 bits per heavy atom. The monoisotopic (exact) mass is 840 g/mol. The highest BCUT2D eigenvalue weighted by Gasteiger charge is 2.42. The second-order valence-electron chi connectivity index (χ2n) is 20.4. The molecule has 65 heavy (non-hydrogen) atoms. The number of aromatic nitrogens is 1. The summed E-state index contributed by atoms with van der Waals surface area (Å²) in [6.45, 7) is 4.87. The fourth-order valence-corrected chi connectivity index (χ4v) is 13.0. The predicted octanol–water partition coefficient (Wildman–Crippen LogP) is 17.0. The highest BCUT2D eigenvalue weighted by Crippen LogP contribution is 2.54. The molecule has 1 aromatic heterocycles. The van der Waals surface area contributed by atoms with Crippen LogP contribution < -0.4 is 4.90 Å². The quantitative estimate of drug-likeness (QED) is 0.155. The van der Waals surface area contributed by atoms with Crippen LogP contribution in [-0.2, 0) is 23.7 Å². The van der Waals surface area contributed by atoms with Crippen molar-refractivity contribution < 1.29 is 0 Å². The number of rotatable bonds is 7. The van der Waals surface area contributed by atoms with E-state index in [9.17, 15) is 0 Å². The summed E-state index contributed by atoms with van der Waals surface area (Å²) in [6.07, 6.45) is 13.1. The molecule has 0 aliphatic heterocycles. The van der Waals surface area contributed by atoms with Crippen LogP contribution in [0.25, 0.3) is 60.9 Å². The van der Waals surface area contributed by atoms with E-state index in [1.165, 1.54) is 159 Å². The molecule has 0 unspecified atom stereocenters. The lowest BCUT2D eigenvalue weighted by atomic mass is 9.58. The third-order valence-electron chi connectivity index (χ3n) is 16.6. The molecule has 2 bridgehead atoms. The van der Waals surface area contributed by atoms with Crippen molar-refractivity contribution in [3.63, 3.8) is 0 Å². The van der Waals surface area contributed by atoms with E-state index in [0.29, 0.717) is 5.41 Å². The summed E-state index contributed by atoms with van der Waals surface area (Å²) in [7, 11) is 0. The van der Waals surface area contributed by atoms with E-state index in [1.54, 1.807) is 11.1 Å². The van der Waals surface area contributed by atoms with Gasteiger partial charge in [0.15, 0.2) is 0 Å². The number of anilines is 3. The van der Waals surface area contributed by atoms with Gasteiger partial charge in [0.05, 0.1) is 11.0 Å². The van der Waals surface area contributed by atoms with E-state index in [4.69, 9.17) is 0 Å². The van der Waals surface area contributed by atoms with Crippen molar-refractivity contribution in [2.24, 2.45) is 5.92 Å². The van der Waals surface area contributed by atoms with E-state index in [2.05, 4.69) is 199 Å². The van der Waals surface area contributed by atoms with Crippen LogP contribution >= 0.6 is 0 Å². The molecule has 0 atom stereocenters. The molecule has 5 aliphatic carbocycles. The van der Waals surface area contributed by atoms with Crippen LogP contribution in [0.2, 0.25) is 0 Å². The minimum atomic E-state index is -0.196. The van der Waals surface area contributed by atoms with Crippen LogP contribution in [0.1, 0.15) is 93.0 Å². The Morgan fingerprint density at radius 1 is 0.492 bits per heavy atom. The van der Waals surface area contributed by atoms with E-state index in [1.807, 2.05) is 0 Å². The second kappa shape index (κ2) is 15.0. The zero-order valence-electron chi connectivity index (χ0n) is 37.8. The van der Waals surface area contributed by atoms with E-state index in [-0.39, 0.29) is 5.41 Å². The number of benzene rings is 8. The molecule has 8 aromatic carbocycles. The minimum absolute atomic E-state index is 0.196. The zero-order valence-corrected chi connectivity index (χ0v) is 37.8.